The van der Waals surface area contributed by atoms with Crippen LogP contribution in [0.4, 0.5) is 0 Å². The van der Waals surface area contributed by atoms with Crippen LogP contribution in [0.5, 0.6) is 0 Å². The standard InChI is InChI=1S/C23H32N4O/c1-24-23(28)22-20-16-19(25-18-10-6-3-7-11-18)12-13-21(20)27(26-22)15-14-17-8-4-2-5-9-17/h2,4-5,8-9,18-19,25H,3,6-7,10-16H2,1H3,(H,24,28). The molecule has 0 spiro atoms. The van der Waals surface area contributed by atoms with Gasteiger partial charge in [0.05, 0.1) is 0 Å². The minimum absolute atomic E-state index is 0.0620. The molecule has 2 N–H and O–H groups in total. The smallest absolute Gasteiger partial charge is 0.271 e. The fourth-order valence-electron chi connectivity index (χ4n) is 4.80. The lowest BCUT2D eigenvalue weighted by Crippen LogP contribution is -2.42. The summed E-state index contributed by atoms with van der Waals surface area (Å²) in [6, 6.07) is 11.6. The Kier molecular flexibility index (Phi) is 6.10. The van der Waals surface area contributed by atoms with Crippen molar-refractivity contribution in [1.82, 2.24) is 20.4 Å². The Morgan fingerprint density at radius 3 is 2.64 bits per heavy atom. The van der Waals surface area contributed by atoms with Crippen molar-refractivity contribution >= 4 is 5.91 Å². The van der Waals surface area contributed by atoms with Crippen molar-refractivity contribution in [3.63, 3.8) is 0 Å². The zero-order chi connectivity index (χ0) is 19.3. The van der Waals surface area contributed by atoms with Crippen molar-refractivity contribution in [2.75, 3.05) is 7.05 Å². The molecule has 5 nitrogen and oxygen atoms in total. The number of carbonyl (C=O) groups excluding carboxylic acids is 1. The van der Waals surface area contributed by atoms with Crippen LogP contribution in [0.15, 0.2) is 30.3 Å². The van der Waals surface area contributed by atoms with Crippen LogP contribution >= 0.6 is 0 Å². The van der Waals surface area contributed by atoms with Crippen molar-refractivity contribution in [2.45, 2.75) is 76.4 Å². The van der Waals surface area contributed by atoms with E-state index in [1.807, 2.05) is 6.07 Å². The van der Waals surface area contributed by atoms with Crippen LogP contribution in [0, 0.1) is 0 Å². The molecule has 1 saturated carbocycles. The number of aromatic nitrogens is 2. The summed E-state index contributed by atoms with van der Waals surface area (Å²) < 4.78 is 2.09. The van der Waals surface area contributed by atoms with Gasteiger partial charge in [-0.05, 0) is 44.1 Å². The van der Waals surface area contributed by atoms with E-state index in [2.05, 4.69) is 39.6 Å². The monoisotopic (exact) mass is 380 g/mol. The maximum Gasteiger partial charge on any atom is 0.271 e. The summed E-state index contributed by atoms with van der Waals surface area (Å²) in [6.07, 6.45) is 10.6. The van der Waals surface area contributed by atoms with E-state index in [0.29, 0.717) is 17.8 Å². The molecule has 1 unspecified atom stereocenters. The maximum atomic E-state index is 12.5. The Bertz CT molecular complexity index is 792. The third-order valence-electron chi connectivity index (χ3n) is 6.32. The highest BCUT2D eigenvalue weighted by molar-refractivity contribution is 5.93. The Morgan fingerprint density at radius 2 is 1.89 bits per heavy atom. The fourth-order valence-corrected chi connectivity index (χ4v) is 4.80. The van der Waals surface area contributed by atoms with Gasteiger partial charge in [0, 0.05) is 36.9 Å². The number of rotatable bonds is 6. The van der Waals surface area contributed by atoms with E-state index in [9.17, 15) is 4.79 Å². The molecule has 0 radical (unpaired) electrons. The highest BCUT2D eigenvalue weighted by Gasteiger charge is 2.30. The summed E-state index contributed by atoms with van der Waals surface area (Å²) in [6.45, 7) is 0.823. The molecule has 1 amide bonds. The van der Waals surface area contributed by atoms with Gasteiger partial charge in [-0.2, -0.15) is 5.10 Å². The molecule has 4 rings (SSSR count). The minimum Gasteiger partial charge on any atom is -0.354 e. The minimum atomic E-state index is -0.0620. The fraction of sp³-hybridized carbons (Fsp3) is 0.565. The molecule has 1 atom stereocenters. The van der Waals surface area contributed by atoms with Gasteiger partial charge in [0.25, 0.3) is 5.91 Å². The van der Waals surface area contributed by atoms with E-state index < -0.39 is 0 Å². The first-order chi connectivity index (χ1) is 13.7. The lowest BCUT2D eigenvalue weighted by atomic mass is 9.88. The van der Waals surface area contributed by atoms with Crippen molar-refractivity contribution in [3.05, 3.63) is 52.8 Å². The van der Waals surface area contributed by atoms with Gasteiger partial charge >= 0.3 is 0 Å². The van der Waals surface area contributed by atoms with Crippen molar-refractivity contribution in [1.29, 1.82) is 0 Å². The predicted molar refractivity (Wildman–Crippen MR) is 112 cm³/mol. The molecule has 2 aliphatic rings. The van der Waals surface area contributed by atoms with E-state index in [0.717, 1.165) is 37.8 Å². The number of carbonyl (C=O) groups is 1. The maximum absolute atomic E-state index is 12.5. The third kappa shape index (κ3) is 4.30. The molecule has 5 heteroatoms. The molecular formula is C23H32N4O. The Morgan fingerprint density at radius 1 is 1.11 bits per heavy atom. The largest absolute Gasteiger partial charge is 0.354 e. The second-order valence-electron chi connectivity index (χ2n) is 8.25. The predicted octanol–water partition coefficient (Wildman–Crippen LogP) is 3.27. The second kappa shape index (κ2) is 8.91. The number of nitrogens with one attached hydrogen (secondary N) is 2. The average molecular weight is 381 g/mol. The van der Waals surface area contributed by atoms with Gasteiger partial charge in [-0.3, -0.25) is 9.48 Å². The zero-order valence-corrected chi connectivity index (χ0v) is 16.9. The quantitative estimate of drug-likeness (QED) is 0.809. The van der Waals surface area contributed by atoms with Gasteiger partial charge in [-0.1, -0.05) is 49.6 Å². The highest BCUT2D eigenvalue weighted by Crippen LogP contribution is 2.27. The van der Waals surface area contributed by atoms with E-state index >= 15 is 0 Å². The first-order valence-corrected chi connectivity index (χ1v) is 10.8. The van der Waals surface area contributed by atoms with E-state index in [-0.39, 0.29) is 5.91 Å². The van der Waals surface area contributed by atoms with E-state index in [1.54, 1.807) is 7.05 Å². The van der Waals surface area contributed by atoms with Crippen LogP contribution < -0.4 is 10.6 Å². The summed E-state index contributed by atoms with van der Waals surface area (Å²) in [4.78, 5) is 12.5. The summed E-state index contributed by atoms with van der Waals surface area (Å²) in [5.74, 6) is -0.0620. The third-order valence-corrected chi connectivity index (χ3v) is 6.32. The van der Waals surface area contributed by atoms with Crippen molar-refractivity contribution < 1.29 is 4.79 Å². The number of nitrogens with zero attached hydrogens (tertiary/aromatic N) is 2. The van der Waals surface area contributed by atoms with Crippen LogP contribution in [0.3, 0.4) is 0 Å². The molecule has 1 fully saturated rings. The molecule has 0 bridgehead atoms. The van der Waals surface area contributed by atoms with Crippen LogP contribution in [0.25, 0.3) is 0 Å². The Labute approximate surface area is 167 Å². The average Bonchev–Trinajstić information content (AvgIpc) is 3.11. The molecule has 0 aliphatic heterocycles. The number of aryl methyl sites for hydroxylation is 2. The summed E-state index contributed by atoms with van der Waals surface area (Å²) in [5, 5.41) is 11.4. The number of hydrogen-bond acceptors (Lipinski definition) is 3. The lowest BCUT2D eigenvalue weighted by molar-refractivity contribution is 0.0956. The molecule has 1 aromatic carbocycles. The molecule has 0 saturated heterocycles. The molecule has 1 heterocycles. The first-order valence-electron chi connectivity index (χ1n) is 10.8. The second-order valence-corrected chi connectivity index (χ2v) is 8.25. The van der Waals surface area contributed by atoms with Gasteiger partial charge in [-0.15, -0.1) is 0 Å². The number of fused-ring (bicyclic) bond motifs is 1. The molecule has 2 aromatic rings. The van der Waals surface area contributed by atoms with Gasteiger partial charge < -0.3 is 10.6 Å². The molecule has 1 aromatic heterocycles. The first kappa shape index (κ1) is 19.2. The van der Waals surface area contributed by atoms with E-state index in [1.165, 1.54) is 43.4 Å². The SMILES string of the molecule is CNC(=O)c1nn(CCc2ccccc2)c2c1CC(NC1CCCCC1)CC2. The molecule has 150 valence electrons. The Hall–Kier alpha value is -2.14. The topological polar surface area (TPSA) is 59.0 Å². The zero-order valence-electron chi connectivity index (χ0n) is 16.9. The van der Waals surface area contributed by atoms with E-state index in [4.69, 9.17) is 5.10 Å². The summed E-state index contributed by atoms with van der Waals surface area (Å²) in [5.41, 5.74) is 4.35. The molecule has 2 aliphatic carbocycles. The van der Waals surface area contributed by atoms with Crippen LogP contribution in [-0.4, -0.2) is 34.8 Å². The summed E-state index contributed by atoms with van der Waals surface area (Å²) >= 11 is 0. The van der Waals surface area contributed by atoms with Crippen molar-refractivity contribution in [2.24, 2.45) is 0 Å². The van der Waals surface area contributed by atoms with Gasteiger partial charge in [-0.25, -0.2) is 0 Å². The number of amides is 1. The molecular weight excluding hydrogens is 348 g/mol. The molecule has 28 heavy (non-hydrogen) atoms. The van der Waals surface area contributed by atoms with Crippen molar-refractivity contribution in [3.8, 4) is 0 Å². The summed E-state index contributed by atoms with van der Waals surface area (Å²) in [7, 11) is 1.69. The van der Waals surface area contributed by atoms with Gasteiger partial charge in [0.2, 0.25) is 0 Å². The van der Waals surface area contributed by atoms with Crippen LogP contribution in [0.2, 0.25) is 0 Å². The van der Waals surface area contributed by atoms with Gasteiger partial charge in [0.1, 0.15) is 0 Å². The lowest BCUT2D eigenvalue weighted by Gasteiger charge is -2.31. The highest BCUT2D eigenvalue weighted by atomic mass is 16.1. The van der Waals surface area contributed by atoms with Gasteiger partial charge in [0.15, 0.2) is 5.69 Å². The van der Waals surface area contributed by atoms with Crippen LogP contribution in [-0.2, 0) is 25.8 Å². The Balaban J connectivity index is 1.50. The normalized spacial score (nSPS) is 20.0. The van der Waals surface area contributed by atoms with Crippen LogP contribution in [0.1, 0.15) is 65.8 Å². The number of hydrogen-bond donors (Lipinski definition) is 2. The number of benzene rings is 1.